The van der Waals surface area contributed by atoms with Crippen LogP contribution in [0.2, 0.25) is 0 Å². The Morgan fingerprint density at radius 2 is 1.72 bits per heavy atom. The van der Waals surface area contributed by atoms with Gasteiger partial charge in [0.05, 0.1) is 0 Å². The molecule has 0 aliphatic rings. The predicted molar refractivity (Wildman–Crippen MR) is 76.0 cm³/mol. The van der Waals surface area contributed by atoms with Gasteiger partial charge >= 0.3 is 0 Å². The molecule has 94 valence electrons. The van der Waals surface area contributed by atoms with E-state index < -0.39 is 0 Å². The van der Waals surface area contributed by atoms with E-state index in [0.717, 1.165) is 5.75 Å². The molecule has 0 spiro atoms. The molecule has 1 nitrogen and oxygen atoms in total. The highest BCUT2D eigenvalue weighted by molar-refractivity contribution is 5.38. The van der Waals surface area contributed by atoms with E-state index in [4.69, 9.17) is 4.74 Å². The third-order valence-electron chi connectivity index (χ3n) is 3.12. The lowest BCUT2D eigenvalue weighted by Gasteiger charge is -2.12. The summed E-state index contributed by atoms with van der Waals surface area (Å²) in [5.41, 5.74) is 3.71. The van der Waals surface area contributed by atoms with Gasteiger partial charge in [0, 0.05) is 0 Å². The fraction of sp³-hybridized carbons (Fsp3) is 0.294. The molecule has 0 amide bonds. The van der Waals surface area contributed by atoms with Crippen LogP contribution in [0.4, 0.5) is 0 Å². The standard InChI is InChI=1S/C17H20O/c1-13(2)16-10-9-14(3)17(11-16)18-12-15-7-5-4-6-8-15/h4-11,13H,12H2,1-3H3. The second kappa shape index (κ2) is 5.72. The molecule has 0 heterocycles. The molecule has 2 aromatic rings. The zero-order valence-electron chi connectivity index (χ0n) is 11.3. The molecule has 2 rings (SSSR count). The van der Waals surface area contributed by atoms with Gasteiger partial charge in [0.1, 0.15) is 12.4 Å². The molecule has 0 aliphatic heterocycles. The van der Waals surface area contributed by atoms with Gasteiger partial charge in [-0.15, -0.1) is 0 Å². The summed E-state index contributed by atoms with van der Waals surface area (Å²) in [4.78, 5) is 0. The monoisotopic (exact) mass is 240 g/mol. The van der Waals surface area contributed by atoms with Gasteiger partial charge in [0.2, 0.25) is 0 Å². The van der Waals surface area contributed by atoms with Crippen molar-refractivity contribution in [3.63, 3.8) is 0 Å². The molecule has 0 bridgehead atoms. The number of ether oxygens (including phenoxy) is 1. The van der Waals surface area contributed by atoms with E-state index in [-0.39, 0.29) is 0 Å². The van der Waals surface area contributed by atoms with Crippen molar-refractivity contribution in [2.75, 3.05) is 0 Å². The topological polar surface area (TPSA) is 9.23 Å². The summed E-state index contributed by atoms with van der Waals surface area (Å²) < 4.78 is 5.91. The van der Waals surface area contributed by atoms with Crippen LogP contribution in [-0.4, -0.2) is 0 Å². The Morgan fingerprint density at radius 1 is 1.00 bits per heavy atom. The van der Waals surface area contributed by atoms with Crippen LogP contribution < -0.4 is 4.74 Å². The van der Waals surface area contributed by atoms with Gasteiger partial charge in [-0.3, -0.25) is 0 Å². The van der Waals surface area contributed by atoms with Crippen LogP contribution in [0, 0.1) is 6.92 Å². The number of hydrogen-bond donors (Lipinski definition) is 0. The van der Waals surface area contributed by atoms with Gasteiger partial charge in [-0.25, -0.2) is 0 Å². The molecule has 1 heteroatoms. The first kappa shape index (κ1) is 12.7. The molecule has 0 fully saturated rings. The average Bonchev–Trinajstić information content (AvgIpc) is 2.38. The Balaban J connectivity index is 2.11. The van der Waals surface area contributed by atoms with Crippen molar-refractivity contribution in [2.24, 2.45) is 0 Å². The van der Waals surface area contributed by atoms with Gasteiger partial charge in [0.25, 0.3) is 0 Å². The second-order valence-corrected chi connectivity index (χ2v) is 4.95. The molecule has 0 radical (unpaired) electrons. The predicted octanol–water partition coefficient (Wildman–Crippen LogP) is 4.70. The van der Waals surface area contributed by atoms with E-state index in [9.17, 15) is 0 Å². The van der Waals surface area contributed by atoms with E-state index >= 15 is 0 Å². The van der Waals surface area contributed by atoms with E-state index in [2.05, 4.69) is 51.1 Å². The van der Waals surface area contributed by atoms with Crippen LogP contribution in [-0.2, 0) is 6.61 Å². The maximum Gasteiger partial charge on any atom is 0.122 e. The van der Waals surface area contributed by atoms with E-state index in [0.29, 0.717) is 12.5 Å². The number of rotatable bonds is 4. The van der Waals surface area contributed by atoms with Crippen molar-refractivity contribution in [2.45, 2.75) is 33.3 Å². The van der Waals surface area contributed by atoms with E-state index in [1.54, 1.807) is 0 Å². The van der Waals surface area contributed by atoms with Crippen molar-refractivity contribution in [3.05, 3.63) is 65.2 Å². The highest BCUT2D eigenvalue weighted by Gasteiger charge is 2.04. The van der Waals surface area contributed by atoms with E-state index in [1.165, 1.54) is 16.7 Å². The summed E-state index contributed by atoms with van der Waals surface area (Å²) in [6, 6.07) is 16.7. The van der Waals surface area contributed by atoms with E-state index in [1.807, 2.05) is 18.2 Å². The van der Waals surface area contributed by atoms with Gasteiger partial charge < -0.3 is 4.74 Å². The fourth-order valence-electron chi connectivity index (χ4n) is 1.87. The van der Waals surface area contributed by atoms with Crippen molar-refractivity contribution >= 4 is 0 Å². The highest BCUT2D eigenvalue weighted by Crippen LogP contribution is 2.24. The summed E-state index contributed by atoms with van der Waals surface area (Å²) in [6.45, 7) is 7.12. The third kappa shape index (κ3) is 3.13. The highest BCUT2D eigenvalue weighted by atomic mass is 16.5. The lowest BCUT2D eigenvalue weighted by atomic mass is 10.0. The van der Waals surface area contributed by atoms with Crippen LogP contribution in [0.25, 0.3) is 0 Å². The average molecular weight is 240 g/mol. The first-order chi connectivity index (χ1) is 8.66. The van der Waals surface area contributed by atoms with Gasteiger partial charge in [-0.1, -0.05) is 56.3 Å². The Bertz CT molecular complexity index is 500. The molecule has 0 atom stereocenters. The Morgan fingerprint density at radius 3 is 2.39 bits per heavy atom. The van der Waals surface area contributed by atoms with Crippen LogP contribution in [0.15, 0.2) is 48.5 Å². The molecule has 0 saturated carbocycles. The zero-order valence-corrected chi connectivity index (χ0v) is 11.3. The molecule has 0 N–H and O–H groups in total. The number of hydrogen-bond acceptors (Lipinski definition) is 1. The lowest BCUT2D eigenvalue weighted by molar-refractivity contribution is 0.303. The molecular formula is C17H20O. The normalized spacial score (nSPS) is 10.7. The van der Waals surface area contributed by atoms with Crippen LogP contribution in [0.5, 0.6) is 5.75 Å². The van der Waals surface area contributed by atoms with Gasteiger partial charge in [0.15, 0.2) is 0 Å². The van der Waals surface area contributed by atoms with Crippen molar-refractivity contribution in [1.29, 1.82) is 0 Å². The Labute approximate surface area is 109 Å². The van der Waals surface area contributed by atoms with Crippen molar-refractivity contribution in [1.82, 2.24) is 0 Å². The zero-order chi connectivity index (χ0) is 13.0. The maximum atomic E-state index is 5.91. The fourth-order valence-corrected chi connectivity index (χ4v) is 1.87. The molecule has 2 aromatic carbocycles. The lowest BCUT2D eigenvalue weighted by Crippen LogP contribution is -1.98. The Hall–Kier alpha value is -1.76. The molecule has 0 unspecified atom stereocenters. The van der Waals surface area contributed by atoms with Crippen LogP contribution >= 0.6 is 0 Å². The largest absolute Gasteiger partial charge is 0.489 e. The minimum absolute atomic E-state index is 0.532. The van der Waals surface area contributed by atoms with Gasteiger partial charge in [-0.05, 0) is 35.6 Å². The smallest absolute Gasteiger partial charge is 0.122 e. The SMILES string of the molecule is Cc1ccc(C(C)C)cc1OCc1ccccc1. The molecule has 0 saturated heterocycles. The maximum absolute atomic E-state index is 5.91. The molecular weight excluding hydrogens is 220 g/mol. The number of aryl methyl sites for hydroxylation is 1. The van der Waals surface area contributed by atoms with Crippen LogP contribution in [0.1, 0.15) is 36.5 Å². The second-order valence-electron chi connectivity index (χ2n) is 4.95. The Kier molecular flexibility index (Phi) is 4.03. The van der Waals surface area contributed by atoms with Crippen molar-refractivity contribution in [3.8, 4) is 5.75 Å². The summed E-state index contributed by atoms with van der Waals surface area (Å²) in [5.74, 6) is 1.52. The summed E-state index contributed by atoms with van der Waals surface area (Å²) in [6.07, 6.45) is 0. The molecule has 18 heavy (non-hydrogen) atoms. The third-order valence-corrected chi connectivity index (χ3v) is 3.12. The molecule has 0 aromatic heterocycles. The van der Waals surface area contributed by atoms with Gasteiger partial charge in [-0.2, -0.15) is 0 Å². The summed E-state index contributed by atoms with van der Waals surface area (Å²) in [7, 11) is 0. The summed E-state index contributed by atoms with van der Waals surface area (Å²) in [5, 5.41) is 0. The summed E-state index contributed by atoms with van der Waals surface area (Å²) >= 11 is 0. The first-order valence-corrected chi connectivity index (χ1v) is 6.44. The van der Waals surface area contributed by atoms with Crippen molar-refractivity contribution < 1.29 is 4.74 Å². The minimum atomic E-state index is 0.532. The first-order valence-electron chi connectivity index (χ1n) is 6.44. The van der Waals surface area contributed by atoms with Crippen LogP contribution in [0.3, 0.4) is 0 Å². The minimum Gasteiger partial charge on any atom is -0.489 e. The quantitative estimate of drug-likeness (QED) is 0.752. The number of benzene rings is 2. The molecule has 0 aliphatic carbocycles.